The van der Waals surface area contributed by atoms with Crippen LogP contribution in [0, 0.1) is 6.92 Å². The molecule has 6 heteroatoms. The predicted molar refractivity (Wildman–Crippen MR) is 89.2 cm³/mol. The third-order valence-corrected chi connectivity index (χ3v) is 4.41. The van der Waals surface area contributed by atoms with Crippen LogP contribution in [0.25, 0.3) is 10.2 Å². The van der Waals surface area contributed by atoms with Crippen molar-refractivity contribution >= 4 is 27.5 Å². The molecule has 0 saturated carbocycles. The molecule has 120 valence electrons. The summed E-state index contributed by atoms with van der Waals surface area (Å²) in [6.45, 7) is 2.70. The largest absolute Gasteiger partial charge is 0.464 e. The zero-order valence-corrected chi connectivity index (χ0v) is 13.9. The van der Waals surface area contributed by atoms with E-state index in [0.717, 1.165) is 26.7 Å². The summed E-state index contributed by atoms with van der Waals surface area (Å²) >= 11 is 1.59. The number of aryl methyl sites for hydroxylation is 1. The SMILES string of the molecule is Cc1ccc(CN(C)C(=O)COCc2nc3ccccc3s2)o1. The van der Waals surface area contributed by atoms with Gasteiger partial charge < -0.3 is 14.1 Å². The Morgan fingerprint density at radius 1 is 1.30 bits per heavy atom. The normalized spacial score (nSPS) is 11.0. The van der Waals surface area contributed by atoms with Gasteiger partial charge in [0.25, 0.3) is 0 Å². The fraction of sp³-hybridized carbons (Fsp3) is 0.294. The van der Waals surface area contributed by atoms with Gasteiger partial charge in [0.1, 0.15) is 23.1 Å². The lowest BCUT2D eigenvalue weighted by atomic mass is 10.3. The van der Waals surface area contributed by atoms with E-state index in [4.69, 9.17) is 9.15 Å². The van der Waals surface area contributed by atoms with Crippen LogP contribution >= 0.6 is 11.3 Å². The molecule has 0 bridgehead atoms. The smallest absolute Gasteiger partial charge is 0.248 e. The Morgan fingerprint density at radius 2 is 2.13 bits per heavy atom. The van der Waals surface area contributed by atoms with E-state index < -0.39 is 0 Å². The summed E-state index contributed by atoms with van der Waals surface area (Å²) in [5, 5.41) is 0.878. The van der Waals surface area contributed by atoms with Crippen LogP contribution in [-0.2, 0) is 22.7 Å². The summed E-state index contributed by atoms with van der Waals surface area (Å²) in [7, 11) is 1.74. The fourth-order valence-electron chi connectivity index (χ4n) is 2.21. The van der Waals surface area contributed by atoms with E-state index in [1.165, 1.54) is 0 Å². The number of furan rings is 1. The molecule has 0 N–H and O–H groups in total. The maximum atomic E-state index is 12.1. The molecule has 0 spiro atoms. The minimum absolute atomic E-state index is 0.0338. The summed E-state index contributed by atoms with van der Waals surface area (Å²) in [5.74, 6) is 1.53. The molecule has 3 rings (SSSR count). The van der Waals surface area contributed by atoms with E-state index in [1.807, 2.05) is 43.3 Å². The summed E-state index contributed by atoms with van der Waals surface area (Å²) in [4.78, 5) is 18.1. The first-order valence-electron chi connectivity index (χ1n) is 7.33. The number of hydrogen-bond donors (Lipinski definition) is 0. The molecule has 3 aromatic rings. The minimum atomic E-state index is -0.0832. The van der Waals surface area contributed by atoms with Gasteiger partial charge in [-0.2, -0.15) is 0 Å². The van der Waals surface area contributed by atoms with Crippen molar-refractivity contribution in [3.05, 3.63) is 52.9 Å². The number of aromatic nitrogens is 1. The van der Waals surface area contributed by atoms with Crippen LogP contribution in [0.1, 0.15) is 16.5 Å². The van der Waals surface area contributed by atoms with Crippen LogP contribution < -0.4 is 0 Å². The number of nitrogens with zero attached hydrogens (tertiary/aromatic N) is 2. The van der Waals surface area contributed by atoms with Crippen LogP contribution in [0.5, 0.6) is 0 Å². The molecule has 0 radical (unpaired) electrons. The lowest BCUT2D eigenvalue weighted by Crippen LogP contribution is -2.29. The molecule has 0 aliphatic rings. The Hall–Kier alpha value is -2.18. The molecule has 0 aliphatic carbocycles. The number of thiazole rings is 1. The first-order chi connectivity index (χ1) is 11.1. The van der Waals surface area contributed by atoms with E-state index in [2.05, 4.69) is 4.98 Å². The molecular weight excluding hydrogens is 312 g/mol. The van der Waals surface area contributed by atoms with Crippen LogP contribution in [0.3, 0.4) is 0 Å². The maximum absolute atomic E-state index is 12.1. The number of hydrogen-bond acceptors (Lipinski definition) is 5. The monoisotopic (exact) mass is 330 g/mol. The third-order valence-electron chi connectivity index (χ3n) is 3.40. The average Bonchev–Trinajstić information content (AvgIpc) is 3.12. The molecule has 0 saturated heterocycles. The van der Waals surface area contributed by atoms with Gasteiger partial charge in [0.05, 0.1) is 23.4 Å². The van der Waals surface area contributed by atoms with Crippen molar-refractivity contribution < 1.29 is 13.9 Å². The summed E-state index contributed by atoms with van der Waals surface area (Å²) in [5.41, 5.74) is 0.965. The Kier molecular flexibility index (Phi) is 4.73. The average molecular weight is 330 g/mol. The maximum Gasteiger partial charge on any atom is 0.248 e. The third kappa shape index (κ3) is 3.97. The van der Waals surface area contributed by atoms with Crippen LogP contribution in [0.2, 0.25) is 0 Å². The first kappa shape index (κ1) is 15.7. The zero-order chi connectivity index (χ0) is 16.2. The number of carbonyl (C=O) groups excluding carboxylic acids is 1. The molecule has 0 atom stereocenters. The van der Waals surface area contributed by atoms with Gasteiger partial charge in [0, 0.05) is 7.05 Å². The number of rotatable bonds is 6. The van der Waals surface area contributed by atoms with Gasteiger partial charge in [-0.05, 0) is 31.2 Å². The lowest BCUT2D eigenvalue weighted by Gasteiger charge is -2.15. The van der Waals surface area contributed by atoms with E-state index in [-0.39, 0.29) is 12.5 Å². The van der Waals surface area contributed by atoms with Crippen molar-refractivity contribution in [2.45, 2.75) is 20.1 Å². The van der Waals surface area contributed by atoms with Gasteiger partial charge in [-0.25, -0.2) is 4.98 Å². The Morgan fingerprint density at radius 3 is 2.87 bits per heavy atom. The van der Waals surface area contributed by atoms with Crippen LogP contribution in [0.4, 0.5) is 0 Å². The van der Waals surface area contributed by atoms with Crippen molar-refractivity contribution in [3.63, 3.8) is 0 Å². The van der Waals surface area contributed by atoms with E-state index in [9.17, 15) is 4.79 Å². The molecule has 0 fully saturated rings. The van der Waals surface area contributed by atoms with Crippen molar-refractivity contribution in [2.75, 3.05) is 13.7 Å². The second-order valence-corrected chi connectivity index (χ2v) is 6.45. The highest BCUT2D eigenvalue weighted by Gasteiger charge is 2.12. The molecule has 23 heavy (non-hydrogen) atoms. The van der Waals surface area contributed by atoms with Gasteiger partial charge in [0.15, 0.2) is 0 Å². The highest BCUT2D eigenvalue weighted by Crippen LogP contribution is 2.21. The van der Waals surface area contributed by atoms with Crippen molar-refractivity contribution in [1.82, 2.24) is 9.88 Å². The molecule has 1 aromatic carbocycles. The molecule has 1 amide bonds. The van der Waals surface area contributed by atoms with Gasteiger partial charge in [0.2, 0.25) is 5.91 Å². The molecule has 2 heterocycles. The Bertz CT molecular complexity index is 776. The van der Waals surface area contributed by atoms with Crippen molar-refractivity contribution in [1.29, 1.82) is 0 Å². The van der Waals surface area contributed by atoms with Gasteiger partial charge in [-0.15, -0.1) is 11.3 Å². The Balaban J connectivity index is 1.48. The van der Waals surface area contributed by atoms with Crippen LogP contribution in [-0.4, -0.2) is 29.4 Å². The number of likely N-dealkylation sites (N-methyl/N-ethyl adjacent to an activating group) is 1. The van der Waals surface area contributed by atoms with Crippen molar-refractivity contribution in [2.24, 2.45) is 0 Å². The fourth-order valence-corrected chi connectivity index (χ4v) is 3.11. The molecule has 5 nitrogen and oxygen atoms in total. The number of fused-ring (bicyclic) bond motifs is 1. The quantitative estimate of drug-likeness (QED) is 0.695. The van der Waals surface area contributed by atoms with Crippen molar-refractivity contribution in [3.8, 4) is 0 Å². The van der Waals surface area contributed by atoms with Gasteiger partial charge in [-0.1, -0.05) is 12.1 Å². The van der Waals surface area contributed by atoms with E-state index in [0.29, 0.717) is 13.2 Å². The topological polar surface area (TPSA) is 55.6 Å². The highest BCUT2D eigenvalue weighted by atomic mass is 32.1. The lowest BCUT2D eigenvalue weighted by molar-refractivity contribution is -0.136. The minimum Gasteiger partial charge on any atom is -0.464 e. The number of amides is 1. The molecule has 0 unspecified atom stereocenters. The number of carbonyl (C=O) groups is 1. The molecule has 0 aliphatic heterocycles. The second-order valence-electron chi connectivity index (χ2n) is 5.33. The van der Waals surface area contributed by atoms with E-state index in [1.54, 1.807) is 23.3 Å². The predicted octanol–water partition coefficient (Wildman–Crippen LogP) is 3.37. The summed E-state index contributed by atoms with van der Waals surface area (Å²) < 4.78 is 12.1. The first-order valence-corrected chi connectivity index (χ1v) is 8.15. The number of benzene rings is 1. The summed E-state index contributed by atoms with van der Waals surface area (Å²) in [6, 6.07) is 11.7. The Labute approximate surface area is 138 Å². The number of para-hydroxylation sites is 1. The van der Waals surface area contributed by atoms with E-state index >= 15 is 0 Å². The van der Waals surface area contributed by atoms with Gasteiger partial charge >= 0.3 is 0 Å². The standard InChI is InChI=1S/C17H18N2O3S/c1-12-7-8-13(22-12)9-19(2)17(20)11-21-10-16-18-14-5-3-4-6-15(14)23-16/h3-8H,9-11H2,1-2H3. The number of ether oxygens (including phenoxy) is 1. The molecular formula is C17H18N2O3S. The summed E-state index contributed by atoms with van der Waals surface area (Å²) in [6.07, 6.45) is 0. The van der Waals surface area contributed by atoms with Gasteiger partial charge in [-0.3, -0.25) is 4.79 Å². The zero-order valence-electron chi connectivity index (χ0n) is 13.1. The van der Waals surface area contributed by atoms with Crippen LogP contribution in [0.15, 0.2) is 40.8 Å². The molecule has 2 aromatic heterocycles. The second kappa shape index (κ2) is 6.93. The highest BCUT2D eigenvalue weighted by molar-refractivity contribution is 7.18.